The van der Waals surface area contributed by atoms with Crippen molar-refractivity contribution in [1.82, 2.24) is 10.3 Å². The Morgan fingerprint density at radius 2 is 2.42 bits per heavy atom. The molecule has 64 valence electrons. The summed E-state index contributed by atoms with van der Waals surface area (Å²) in [5, 5.41) is 1.99. The van der Waals surface area contributed by atoms with Crippen LogP contribution in [-0.2, 0) is 0 Å². The largest absolute Gasteiger partial charge is 0.355 e. The number of carbonyl (C=O) groups excluding carboxylic acids is 1. The molecule has 0 aliphatic rings. The van der Waals surface area contributed by atoms with E-state index in [1.54, 1.807) is 0 Å². The number of nitrogens with one attached hydrogen (secondary N) is 1. The fraction of sp³-hybridized carbons (Fsp3) is 0.143. The third kappa shape index (κ3) is 1.53. The highest BCUT2D eigenvalue weighted by molar-refractivity contribution is 6.29. The molecule has 0 radical (unpaired) electrons. The molecule has 0 bridgehead atoms. The van der Waals surface area contributed by atoms with Crippen LogP contribution in [0.3, 0.4) is 0 Å². The standard InChI is InChI=1S/C7H6ClFN2O/c1-10-7(12)4-2-3-11-6(8)5(4)9/h2-3H,1H3,(H,10,12). The Morgan fingerprint density at radius 3 is 3.00 bits per heavy atom. The van der Waals surface area contributed by atoms with Gasteiger partial charge in [0.15, 0.2) is 11.0 Å². The van der Waals surface area contributed by atoms with Gasteiger partial charge in [0.05, 0.1) is 5.56 Å². The van der Waals surface area contributed by atoms with Crippen LogP contribution in [0.15, 0.2) is 12.3 Å². The molecule has 1 aromatic rings. The van der Waals surface area contributed by atoms with E-state index in [-0.39, 0.29) is 10.7 Å². The van der Waals surface area contributed by atoms with Crippen LogP contribution in [0.25, 0.3) is 0 Å². The number of aromatic nitrogens is 1. The second-order valence-electron chi connectivity index (χ2n) is 2.04. The molecular weight excluding hydrogens is 183 g/mol. The summed E-state index contributed by atoms with van der Waals surface area (Å²) in [6.45, 7) is 0. The van der Waals surface area contributed by atoms with Crippen molar-refractivity contribution in [3.05, 3.63) is 28.8 Å². The third-order valence-electron chi connectivity index (χ3n) is 1.32. The van der Waals surface area contributed by atoms with Crippen molar-refractivity contribution in [3.63, 3.8) is 0 Å². The number of hydrogen-bond acceptors (Lipinski definition) is 2. The lowest BCUT2D eigenvalue weighted by Crippen LogP contribution is -2.19. The molecule has 0 unspecified atom stereocenters. The van der Waals surface area contributed by atoms with Crippen LogP contribution < -0.4 is 5.32 Å². The average molecular weight is 189 g/mol. The van der Waals surface area contributed by atoms with Crippen molar-refractivity contribution in [1.29, 1.82) is 0 Å². The quantitative estimate of drug-likeness (QED) is 0.674. The Balaban J connectivity index is 3.16. The molecule has 1 rings (SSSR count). The summed E-state index contributed by atoms with van der Waals surface area (Å²) in [6.07, 6.45) is 1.27. The lowest BCUT2D eigenvalue weighted by Gasteiger charge is -2.00. The van der Waals surface area contributed by atoms with E-state index >= 15 is 0 Å². The van der Waals surface area contributed by atoms with Crippen molar-refractivity contribution >= 4 is 17.5 Å². The predicted octanol–water partition coefficient (Wildman–Crippen LogP) is 1.23. The van der Waals surface area contributed by atoms with Gasteiger partial charge in [-0.05, 0) is 6.07 Å². The van der Waals surface area contributed by atoms with Crippen molar-refractivity contribution in [2.45, 2.75) is 0 Å². The minimum atomic E-state index is -0.793. The van der Waals surface area contributed by atoms with Crippen molar-refractivity contribution < 1.29 is 9.18 Å². The SMILES string of the molecule is CNC(=O)c1ccnc(Cl)c1F. The van der Waals surface area contributed by atoms with Gasteiger partial charge in [0.2, 0.25) is 0 Å². The van der Waals surface area contributed by atoms with E-state index in [0.717, 1.165) is 0 Å². The van der Waals surface area contributed by atoms with Crippen LogP contribution in [0.4, 0.5) is 4.39 Å². The normalized spacial score (nSPS) is 9.58. The van der Waals surface area contributed by atoms with Gasteiger partial charge in [0, 0.05) is 13.2 Å². The second kappa shape index (κ2) is 3.49. The Kier molecular flexibility index (Phi) is 2.60. The molecule has 1 N–H and O–H groups in total. The molecule has 1 aromatic heterocycles. The second-order valence-corrected chi connectivity index (χ2v) is 2.40. The van der Waals surface area contributed by atoms with Gasteiger partial charge in [-0.1, -0.05) is 11.6 Å². The number of carbonyl (C=O) groups is 1. The van der Waals surface area contributed by atoms with E-state index in [1.165, 1.54) is 19.3 Å². The molecule has 0 atom stereocenters. The van der Waals surface area contributed by atoms with Gasteiger partial charge in [-0.25, -0.2) is 9.37 Å². The van der Waals surface area contributed by atoms with E-state index in [9.17, 15) is 9.18 Å². The molecule has 12 heavy (non-hydrogen) atoms. The van der Waals surface area contributed by atoms with Crippen LogP contribution in [0.2, 0.25) is 5.15 Å². The van der Waals surface area contributed by atoms with Gasteiger partial charge >= 0.3 is 0 Å². The maximum absolute atomic E-state index is 13.0. The molecule has 0 fully saturated rings. The molecule has 0 spiro atoms. The van der Waals surface area contributed by atoms with E-state index in [2.05, 4.69) is 10.3 Å². The molecule has 1 amide bonds. The summed E-state index contributed by atoms with van der Waals surface area (Å²) in [6, 6.07) is 1.26. The molecule has 0 aromatic carbocycles. The Bertz CT molecular complexity index is 316. The molecular formula is C7H6ClFN2O. The highest BCUT2D eigenvalue weighted by atomic mass is 35.5. The van der Waals surface area contributed by atoms with E-state index < -0.39 is 11.7 Å². The zero-order chi connectivity index (χ0) is 9.14. The number of amides is 1. The minimum Gasteiger partial charge on any atom is -0.355 e. The van der Waals surface area contributed by atoms with E-state index in [1.807, 2.05) is 0 Å². The summed E-state index contributed by atoms with van der Waals surface area (Å²) < 4.78 is 13.0. The molecule has 0 aliphatic heterocycles. The zero-order valence-corrected chi connectivity index (χ0v) is 7.02. The van der Waals surface area contributed by atoms with Crippen LogP contribution in [0.1, 0.15) is 10.4 Å². The Labute approximate surface area is 73.6 Å². The summed E-state index contributed by atoms with van der Waals surface area (Å²) in [4.78, 5) is 14.4. The van der Waals surface area contributed by atoms with Gasteiger partial charge in [-0.15, -0.1) is 0 Å². The van der Waals surface area contributed by atoms with Crippen molar-refractivity contribution in [2.75, 3.05) is 7.05 Å². The number of rotatable bonds is 1. The van der Waals surface area contributed by atoms with E-state index in [0.29, 0.717) is 0 Å². The highest BCUT2D eigenvalue weighted by Gasteiger charge is 2.12. The van der Waals surface area contributed by atoms with Gasteiger partial charge in [0.25, 0.3) is 5.91 Å². The first-order chi connectivity index (χ1) is 5.66. The van der Waals surface area contributed by atoms with Crippen LogP contribution in [0.5, 0.6) is 0 Å². The van der Waals surface area contributed by atoms with Crippen LogP contribution in [-0.4, -0.2) is 17.9 Å². The molecule has 0 aliphatic carbocycles. The van der Waals surface area contributed by atoms with Crippen LogP contribution in [0, 0.1) is 5.82 Å². The number of nitrogens with zero attached hydrogens (tertiary/aromatic N) is 1. The minimum absolute atomic E-state index is 0.0995. The molecule has 0 saturated carbocycles. The molecule has 1 heterocycles. The molecule has 5 heteroatoms. The highest BCUT2D eigenvalue weighted by Crippen LogP contribution is 2.14. The first-order valence-electron chi connectivity index (χ1n) is 3.19. The first kappa shape index (κ1) is 8.93. The zero-order valence-electron chi connectivity index (χ0n) is 6.27. The maximum Gasteiger partial charge on any atom is 0.254 e. The fourth-order valence-corrected chi connectivity index (χ4v) is 0.886. The number of hydrogen-bond donors (Lipinski definition) is 1. The molecule has 3 nitrogen and oxygen atoms in total. The fourth-order valence-electron chi connectivity index (χ4n) is 0.728. The van der Waals surface area contributed by atoms with Crippen LogP contribution >= 0.6 is 11.6 Å². The number of pyridine rings is 1. The van der Waals surface area contributed by atoms with Gasteiger partial charge in [-0.2, -0.15) is 0 Å². The van der Waals surface area contributed by atoms with Gasteiger partial charge < -0.3 is 5.32 Å². The summed E-state index contributed by atoms with van der Waals surface area (Å²) in [5.74, 6) is -1.31. The predicted molar refractivity (Wildman–Crippen MR) is 42.6 cm³/mol. The average Bonchev–Trinajstić information content (AvgIpc) is 2.08. The third-order valence-corrected chi connectivity index (χ3v) is 1.58. The maximum atomic E-state index is 13.0. The van der Waals surface area contributed by atoms with Crippen molar-refractivity contribution in [3.8, 4) is 0 Å². The van der Waals surface area contributed by atoms with Gasteiger partial charge in [0.1, 0.15) is 0 Å². The Morgan fingerprint density at radius 1 is 1.75 bits per heavy atom. The first-order valence-corrected chi connectivity index (χ1v) is 3.56. The lowest BCUT2D eigenvalue weighted by atomic mass is 10.2. The topological polar surface area (TPSA) is 42.0 Å². The Hall–Kier alpha value is -1.16. The summed E-state index contributed by atoms with van der Waals surface area (Å²) in [5.41, 5.74) is -0.0995. The number of halogens is 2. The van der Waals surface area contributed by atoms with Gasteiger partial charge in [-0.3, -0.25) is 4.79 Å². The summed E-state index contributed by atoms with van der Waals surface area (Å²) >= 11 is 5.35. The van der Waals surface area contributed by atoms with E-state index in [4.69, 9.17) is 11.6 Å². The lowest BCUT2D eigenvalue weighted by molar-refractivity contribution is 0.0959. The smallest absolute Gasteiger partial charge is 0.254 e. The van der Waals surface area contributed by atoms with Crippen molar-refractivity contribution in [2.24, 2.45) is 0 Å². The molecule has 0 saturated heterocycles. The monoisotopic (exact) mass is 188 g/mol. The summed E-state index contributed by atoms with van der Waals surface area (Å²) in [7, 11) is 1.41.